The summed E-state index contributed by atoms with van der Waals surface area (Å²) in [6.45, 7) is 7.22. The predicted octanol–water partition coefficient (Wildman–Crippen LogP) is 2.74. The van der Waals surface area contributed by atoms with Gasteiger partial charge < -0.3 is 10.1 Å². The van der Waals surface area contributed by atoms with Crippen LogP contribution in [0.2, 0.25) is 0 Å². The van der Waals surface area contributed by atoms with E-state index in [1.165, 1.54) is 0 Å². The number of hydrogen-bond acceptors (Lipinski definition) is 5. The summed E-state index contributed by atoms with van der Waals surface area (Å²) in [6.07, 6.45) is 0. The van der Waals surface area contributed by atoms with E-state index < -0.39 is 10.3 Å². The highest BCUT2D eigenvalue weighted by atomic mass is 79.9. The molecule has 1 aromatic heterocycles. The number of amides is 1. The van der Waals surface area contributed by atoms with Gasteiger partial charge in [-0.2, -0.15) is 0 Å². The van der Waals surface area contributed by atoms with Gasteiger partial charge in [-0.15, -0.1) is 0 Å². The number of rotatable bonds is 4. The van der Waals surface area contributed by atoms with Crippen molar-refractivity contribution in [1.82, 2.24) is 4.98 Å². The lowest BCUT2D eigenvalue weighted by Crippen LogP contribution is -2.30. The molecule has 0 aliphatic heterocycles. The molecule has 5 nitrogen and oxygen atoms in total. The number of anilines is 1. The first-order valence-electron chi connectivity index (χ1n) is 5.40. The van der Waals surface area contributed by atoms with Crippen LogP contribution in [0.25, 0.3) is 0 Å². The molecule has 0 bridgehead atoms. The van der Waals surface area contributed by atoms with Gasteiger partial charge in [0.05, 0.1) is 16.6 Å². The van der Waals surface area contributed by atoms with E-state index in [-0.39, 0.29) is 5.91 Å². The number of nitrogens with one attached hydrogen (secondary N) is 1. The average Bonchev–Trinajstić information content (AvgIpc) is 2.58. The number of halogens is 1. The number of ether oxygens (including phenoxy) is 1. The molecule has 0 atom stereocenters. The van der Waals surface area contributed by atoms with Crippen molar-refractivity contribution in [2.24, 2.45) is 0 Å². The van der Waals surface area contributed by atoms with Crippen molar-refractivity contribution in [3.05, 3.63) is 10.6 Å². The largest absolute Gasteiger partial charge is 0.462 e. The van der Waals surface area contributed by atoms with E-state index in [4.69, 9.17) is 4.74 Å². The number of carbonyl (C=O) groups excluding carboxylic acids is 2. The van der Waals surface area contributed by atoms with Crippen LogP contribution in [0.1, 0.15) is 36.1 Å². The van der Waals surface area contributed by atoms with Crippen LogP contribution in [0.3, 0.4) is 0 Å². The lowest BCUT2D eigenvalue weighted by Gasteiger charge is -2.13. The second kappa shape index (κ2) is 5.79. The van der Waals surface area contributed by atoms with Crippen LogP contribution in [0.4, 0.5) is 5.13 Å². The predicted molar refractivity (Wildman–Crippen MR) is 74.4 cm³/mol. The molecule has 1 rings (SSSR count). The van der Waals surface area contributed by atoms with Gasteiger partial charge >= 0.3 is 5.97 Å². The van der Waals surface area contributed by atoms with Gasteiger partial charge in [-0.25, -0.2) is 9.78 Å². The number of alkyl halides is 1. The molecule has 0 fully saturated rings. The summed E-state index contributed by atoms with van der Waals surface area (Å²) in [5.41, 5.74) is 0.557. The van der Waals surface area contributed by atoms with Crippen molar-refractivity contribution in [3.63, 3.8) is 0 Å². The van der Waals surface area contributed by atoms with E-state index in [0.29, 0.717) is 22.3 Å². The van der Waals surface area contributed by atoms with Crippen molar-refractivity contribution >= 4 is 44.3 Å². The fourth-order valence-electron chi connectivity index (χ4n) is 1.08. The molecule has 7 heteroatoms. The maximum absolute atomic E-state index is 11.7. The van der Waals surface area contributed by atoms with Crippen LogP contribution in [0.5, 0.6) is 0 Å². The van der Waals surface area contributed by atoms with Crippen LogP contribution in [-0.2, 0) is 9.53 Å². The minimum Gasteiger partial charge on any atom is -0.462 e. The van der Waals surface area contributed by atoms with E-state index in [1.807, 2.05) is 0 Å². The van der Waals surface area contributed by atoms with E-state index in [0.717, 1.165) is 11.3 Å². The van der Waals surface area contributed by atoms with E-state index in [9.17, 15) is 9.59 Å². The summed E-state index contributed by atoms with van der Waals surface area (Å²) < 4.78 is 4.22. The molecule has 0 unspecified atom stereocenters. The molecular formula is C11H15BrN2O3S. The first-order chi connectivity index (χ1) is 8.25. The van der Waals surface area contributed by atoms with Crippen LogP contribution >= 0.6 is 27.3 Å². The molecule has 0 saturated heterocycles. The standard InChI is InChI=1S/C11H15BrN2O3S/c1-5-17-8(15)7-6(2)13-10(18-7)14-9(16)11(3,4)12/h5H2,1-4H3,(H,13,14,16). The van der Waals surface area contributed by atoms with Crippen molar-refractivity contribution in [1.29, 1.82) is 0 Å². The van der Waals surface area contributed by atoms with Crippen molar-refractivity contribution < 1.29 is 14.3 Å². The summed E-state index contributed by atoms with van der Waals surface area (Å²) in [6, 6.07) is 0. The quantitative estimate of drug-likeness (QED) is 0.679. The van der Waals surface area contributed by atoms with E-state index >= 15 is 0 Å². The van der Waals surface area contributed by atoms with E-state index in [2.05, 4.69) is 26.2 Å². The number of hydrogen-bond donors (Lipinski definition) is 1. The van der Waals surface area contributed by atoms with Crippen molar-refractivity contribution in [3.8, 4) is 0 Å². The lowest BCUT2D eigenvalue weighted by molar-refractivity contribution is -0.117. The molecule has 1 heterocycles. The zero-order chi connectivity index (χ0) is 13.9. The van der Waals surface area contributed by atoms with E-state index in [1.54, 1.807) is 27.7 Å². The van der Waals surface area contributed by atoms with Gasteiger partial charge in [0.1, 0.15) is 4.88 Å². The Hall–Kier alpha value is -0.950. The molecule has 1 N–H and O–H groups in total. The Bertz CT molecular complexity index is 465. The number of aromatic nitrogens is 1. The van der Waals surface area contributed by atoms with Gasteiger partial charge in [0.15, 0.2) is 5.13 Å². The Kier molecular flexibility index (Phi) is 4.86. The molecule has 0 aliphatic rings. The smallest absolute Gasteiger partial charge is 0.350 e. The Balaban J connectivity index is 2.85. The third-order valence-electron chi connectivity index (χ3n) is 2.02. The first-order valence-corrected chi connectivity index (χ1v) is 7.01. The van der Waals surface area contributed by atoms with Gasteiger partial charge in [-0.1, -0.05) is 27.3 Å². The lowest BCUT2D eigenvalue weighted by atomic mass is 10.2. The molecule has 0 radical (unpaired) electrons. The molecule has 0 spiro atoms. The fourth-order valence-corrected chi connectivity index (χ4v) is 2.04. The monoisotopic (exact) mass is 334 g/mol. The zero-order valence-corrected chi connectivity index (χ0v) is 13.1. The van der Waals surface area contributed by atoms with Gasteiger partial charge in [0, 0.05) is 0 Å². The third kappa shape index (κ3) is 3.78. The topological polar surface area (TPSA) is 68.3 Å². The summed E-state index contributed by atoms with van der Waals surface area (Å²) >= 11 is 4.37. The Labute approximate surface area is 118 Å². The average molecular weight is 335 g/mol. The van der Waals surface area contributed by atoms with Crippen molar-refractivity contribution in [2.75, 3.05) is 11.9 Å². The highest BCUT2D eigenvalue weighted by Gasteiger charge is 2.25. The number of nitrogens with zero attached hydrogens (tertiary/aromatic N) is 1. The third-order valence-corrected chi connectivity index (χ3v) is 3.43. The van der Waals surface area contributed by atoms with Crippen molar-refractivity contribution in [2.45, 2.75) is 32.0 Å². The van der Waals surface area contributed by atoms with Gasteiger partial charge in [-0.3, -0.25) is 4.79 Å². The van der Waals surface area contributed by atoms with Crippen LogP contribution in [-0.4, -0.2) is 27.8 Å². The molecule has 100 valence electrons. The van der Waals surface area contributed by atoms with Crippen LogP contribution < -0.4 is 5.32 Å². The Morgan fingerprint density at radius 3 is 2.61 bits per heavy atom. The number of esters is 1. The van der Waals surface area contributed by atoms with Crippen LogP contribution in [0.15, 0.2) is 0 Å². The summed E-state index contributed by atoms with van der Waals surface area (Å²) in [5.74, 6) is -0.627. The van der Waals surface area contributed by atoms with Crippen LogP contribution in [0, 0.1) is 6.92 Å². The summed E-state index contributed by atoms with van der Waals surface area (Å²) in [4.78, 5) is 27.9. The molecule has 0 aliphatic carbocycles. The normalized spacial score (nSPS) is 11.2. The maximum Gasteiger partial charge on any atom is 0.350 e. The minimum absolute atomic E-state index is 0.216. The molecule has 18 heavy (non-hydrogen) atoms. The SMILES string of the molecule is CCOC(=O)c1sc(NC(=O)C(C)(C)Br)nc1C. The molecule has 1 amide bonds. The number of carbonyl (C=O) groups is 2. The highest BCUT2D eigenvalue weighted by molar-refractivity contribution is 9.10. The molecule has 1 aromatic rings. The second-order valence-corrected chi connectivity index (χ2v) is 7.06. The highest BCUT2D eigenvalue weighted by Crippen LogP contribution is 2.25. The molecular weight excluding hydrogens is 320 g/mol. The molecule has 0 saturated carbocycles. The Morgan fingerprint density at radius 1 is 1.50 bits per heavy atom. The second-order valence-electron chi connectivity index (χ2n) is 4.08. The zero-order valence-electron chi connectivity index (χ0n) is 10.7. The summed E-state index contributed by atoms with van der Waals surface area (Å²) in [5, 5.41) is 3.05. The maximum atomic E-state index is 11.7. The van der Waals surface area contributed by atoms with Gasteiger partial charge in [0.25, 0.3) is 0 Å². The first kappa shape index (κ1) is 15.1. The van der Waals surface area contributed by atoms with Gasteiger partial charge in [0.2, 0.25) is 5.91 Å². The minimum atomic E-state index is -0.684. The number of aryl methyl sites for hydroxylation is 1. The summed E-state index contributed by atoms with van der Waals surface area (Å²) in [7, 11) is 0. The van der Waals surface area contributed by atoms with Gasteiger partial charge in [-0.05, 0) is 27.7 Å². The fraction of sp³-hybridized carbons (Fsp3) is 0.545. The Morgan fingerprint density at radius 2 is 2.11 bits per heavy atom. The number of thiazole rings is 1. The molecule has 0 aromatic carbocycles.